The zero-order valence-corrected chi connectivity index (χ0v) is 12.6. The van der Waals surface area contributed by atoms with Gasteiger partial charge in [0.1, 0.15) is 6.61 Å². The first kappa shape index (κ1) is 14.7. The van der Waals surface area contributed by atoms with E-state index in [1.54, 1.807) is 12.0 Å². The molecule has 3 rings (SSSR count). The number of nitrogens with zero attached hydrogens (tertiary/aromatic N) is 3. The van der Waals surface area contributed by atoms with Crippen molar-refractivity contribution in [3.8, 4) is 0 Å². The highest BCUT2D eigenvalue weighted by Gasteiger charge is 2.30. The minimum Gasteiger partial charge on any atom is -0.377 e. The van der Waals surface area contributed by atoms with Crippen molar-refractivity contribution in [2.24, 2.45) is 5.92 Å². The first-order chi connectivity index (χ1) is 10.7. The number of hydrogen-bond acceptors (Lipinski definition) is 5. The average Bonchev–Trinajstić information content (AvgIpc) is 3.08. The molecule has 0 N–H and O–H groups in total. The summed E-state index contributed by atoms with van der Waals surface area (Å²) in [6.07, 6.45) is 1.50. The number of carbonyl (C=O) groups is 1. The molecule has 1 aliphatic rings. The Kier molecular flexibility index (Phi) is 4.48. The van der Waals surface area contributed by atoms with E-state index in [0.29, 0.717) is 37.2 Å². The Hall–Kier alpha value is -2.21. The molecule has 1 aliphatic heterocycles. The predicted molar refractivity (Wildman–Crippen MR) is 78.7 cm³/mol. The van der Waals surface area contributed by atoms with Crippen molar-refractivity contribution in [3.05, 3.63) is 47.6 Å². The van der Waals surface area contributed by atoms with E-state index in [1.807, 2.05) is 18.2 Å². The molecule has 1 amide bonds. The van der Waals surface area contributed by atoms with Gasteiger partial charge in [-0.25, -0.2) is 0 Å². The van der Waals surface area contributed by atoms with Gasteiger partial charge in [0.25, 0.3) is 0 Å². The van der Waals surface area contributed by atoms with Crippen LogP contribution in [0.4, 0.5) is 0 Å². The number of likely N-dealkylation sites (tertiary alicyclic amines) is 1. The molecule has 0 saturated carbocycles. The molecule has 2 aromatic rings. The molecule has 1 atom stereocenters. The van der Waals surface area contributed by atoms with Gasteiger partial charge in [0.2, 0.25) is 11.8 Å². The zero-order valence-electron chi connectivity index (χ0n) is 12.6. The smallest absolute Gasteiger partial charge is 0.246 e. The molecule has 22 heavy (non-hydrogen) atoms. The van der Waals surface area contributed by atoms with Gasteiger partial charge in [0, 0.05) is 20.1 Å². The van der Waals surface area contributed by atoms with Gasteiger partial charge in [-0.3, -0.25) is 4.79 Å². The van der Waals surface area contributed by atoms with Gasteiger partial charge in [0.05, 0.1) is 6.54 Å². The van der Waals surface area contributed by atoms with Crippen LogP contribution >= 0.6 is 0 Å². The quantitative estimate of drug-likeness (QED) is 0.814. The van der Waals surface area contributed by atoms with Crippen molar-refractivity contribution in [2.75, 3.05) is 13.7 Å². The molecule has 1 aromatic carbocycles. The molecular weight excluding hydrogens is 282 g/mol. The summed E-state index contributed by atoms with van der Waals surface area (Å²) in [6, 6.07) is 10.3. The second kappa shape index (κ2) is 6.70. The third-order valence-electron chi connectivity index (χ3n) is 3.77. The van der Waals surface area contributed by atoms with Crippen LogP contribution in [0.2, 0.25) is 0 Å². The fraction of sp³-hybridized carbons (Fsp3) is 0.438. The van der Waals surface area contributed by atoms with Crippen molar-refractivity contribution in [1.82, 2.24) is 15.0 Å². The largest absolute Gasteiger partial charge is 0.377 e. The Morgan fingerprint density at radius 3 is 2.95 bits per heavy atom. The van der Waals surface area contributed by atoms with E-state index in [2.05, 4.69) is 22.3 Å². The number of benzene rings is 1. The molecule has 6 nitrogen and oxygen atoms in total. The fourth-order valence-electron chi connectivity index (χ4n) is 2.80. The van der Waals surface area contributed by atoms with E-state index >= 15 is 0 Å². The normalized spacial score (nSPS) is 18.1. The summed E-state index contributed by atoms with van der Waals surface area (Å²) in [5.74, 6) is 1.45. The van der Waals surface area contributed by atoms with Crippen LogP contribution in [-0.4, -0.2) is 34.6 Å². The lowest BCUT2D eigenvalue weighted by Crippen LogP contribution is -2.25. The van der Waals surface area contributed by atoms with Crippen LogP contribution in [0.3, 0.4) is 0 Å². The predicted octanol–water partition coefficient (Wildman–Crippen LogP) is 1.81. The molecule has 0 aliphatic carbocycles. The zero-order chi connectivity index (χ0) is 15.4. The molecule has 0 bridgehead atoms. The van der Waals surface area contributed by atoms with Crippen molar-refractivity contribution >= 4 is 5.91 Å². The second-order valence-corrected chi connectivity index (χ2v) is 5.57. The van der Waals surface area contributed by atoms with Crippen molar-refractivity contribution in [2.45, 2.75) is 26.0 Å². The standard InChI is InChI=1S/C16H19N3O3/c1-21-11-14-17-15(22-18-14)10-19-9-13(8-16(19)20)7-12-5-3-2-4-6-12/h2-6,13H,7-11H2,1H3. The summed E-state index contributed by atoms with van der Waals surface area (Å²) in [7, 11) is 1.58. The van der Waals surface area contributed by atoms with Crippen LogP contribution in [0, 0.1) is 5.92 Å². The molecule has 0 spiro atoms. The van der Waals surface area contributed by atoms with Crippen LogP contribution in [0.15, 0.2) is 34.9 Å². The van der Waals surface area contributed by atoms with E-state index in [1.165, 1.54) is 5.56 Å². The van der Waals surface area contributed by atoms with Crippen LogP contribution in [0.25, 0.3) is 0 Å². The number of aromatic nitrogens is 2. The van der Waals surface area contributed by atoms with Gasteiger partial charge < -0.3 is 14.2 Å². The third kappa shape index (κ3) is 3.51. The number of methoxy groups -OCH3 is 1. The fourth-order valence-corrected chi connectivity index (χ4v) is 2.80. The van der Waals surface area contributed by atoms with Gasteiger partial charge in [-0.1, -0.05) is 35.5 Å². The molecule has 1 aromatic heterocycles. The molecule has 1 unspecified atom stereocenters. The number of amides is 1. The maximum atomic E-state index is 12.1. The number of carbonyl (C=O) groups excluding carboxylic acids is 1. The first-order valence-corrected chi connectivity index (χ1v) is 7.36. The summed E-state index contributed by atoms with van der Waals surface area (Å²) in [4.78, 5) is 18.1. The lowest BCUT2D eigenvalue weighted by Gasteiger charge is -2.14. The summed E-state index contributed by atoms with van der Waals surface area (Å²) >= 11 is 0. The van der Waals surface area contributed by atoms with Gasteiger partial charge >= 0.3 is 0 Å². The summed E-state index contributed by atoms with van der Waals surface area (Å²) < 4.78 is 10.1. The minimum atomic E-state index is 0.146. The van der Waals surface area contributed by atoms with Gasteiger partial charge in [-0.2, -0.15) is 4.98 Å². The van der Waals surface area contributed by atoms with Gasteiger partial charge in [-0.15, -0.1) is 0 Å². The molecule has 6 heteroatoms. The highest BCUT2D eigenvalue weighted by atomic mass is 16.5. The highest BCUT2D eigenvalue weighted by molar-refractivity contribution is 5.78. The monoisotopic (exact) mass is 301 g/mol. The molecule has 116 valence electrons. The Bertz CT molecular complexity index is 627. The molecule has 1 saturated heterocycles. The van der Waals surface area contributed by atoms with Crippen LogP contribution in [0.5, 0.6) is 0 Å². The summed E-state index contributed by atoms with van der Waals surface area (Å²) in [5.41, 5.74) is 1.27. The Morgan fingerprint density at radius 1 is 1.36 bits per heavy atom. The van der Waals surface area contributed by atoms with Crippen LogP contribution in [0.1, 0.15) is 23.7 Å². The Labute approximate surface area is 129 Å². The van der Waals surface area contributed by atoms with E-state index in [9.17, 15) is 4.79 Å². The number of ether oxygens (including phenoxy) is 1. The maximum absolute atomic E-state index is 12.1. The third-order valence-corrected chi connectivity index (χ3v) is 3.77. The van der Waals surface area contributed by atoms with Crippen molar-refractivity contribution in [1.29, 1.82) is 0 Å². The van der Waals surface area contributed by atoms with Crippen LogP contribution < -0.4 is 0 Å². The van der Waals surface area contributed by atoms with Crippen LogP contribution in [-0.2, 0) is 29.1 Å². The first-order valence-electron chi connectivity index (χ1n) is 7.36. The Morgan fingerprint density at radius 2 is 2.18 bits per heavy atom. The topological polar surface area (TPSA) is 68.5 Å². The Balaban J connectivity index is 1.57. The minimum absolute atomic E-state index is 0.146. The second-order valence-electron chi connectivity index (χ2n) is 5.57. The van der Waals surface area contributed by atoms with Crippen molar-refractivity contribution < 1.29 is 14.1 Å². The molecule has 0 radical (unpaired) electrons. The summed E-state index contributed by atoms with van der Waals surface area (Å²) in [5, 5.41) is 3.81. The van der Waals surface area contributed by atoms with Gasteiger partial charge in [-0.05, 0) is 17.9 Å². The summed E-state index contributed by atoms with van der Waals surface area (Å²) in [6.45, 7) is 1.42. The maximum Gasteiger partial charge on any atom is 0.246 e. The van der Waals surface area contributed by atoms with Crippen molar-refractivity contribution in [3.63, 3.8) is 0 Å². The lowest BCUT2D eigenvalue weighted by molar-refractivity contribution is -0.128. The highest BCUT2D eigenvalue weighted by Crippen LogP contribution is 2.23. The number of hydrogen-bond donors (Lipinski definition) is 0. The van der Waals surface area contributed by atoms with E-state index < -0.39 is 0 Å². The SMILES string of the molecule is COCc1noc(CN2CC(Cc3ccccc3)CC2=O)n1. The lowest BCUT2D eigenvalue weighted by atomic mass is 9.99. The molecular formula is C16H19N3O3. The molecule has 2 heterocycles. The van der Waals surface area contributed by atoms with E-state index in [-0.39, 0.29) is 5.91 Å². The van der Waals surface area contributed by atoms with E-state index in [0.717, 1.165) is 13.0 Å². The van der Waals surface area contributed by atoms with Gasteiger partial charge in [0.15, 0.2) is 5.82 Å². The molecule has 1 fully saturated rings. The van der Waals surface area contributed by atoms with E-state index in [4.69, 9.17) is 9.26 Å². The number of rotatable bonds is 6. The average molecular weight is 301 g/mol.